The molecule has 0 atom stereocenters. The Morgan fingerprint density at radius 1 is 1.44 bits per heavy atom. The number of hydrogen-bond donors (Lipinski definition) is 3. The lowest BCUT2D eigenvalue weighted by Crippen LogP contribution is -2.48. The van der Waals surface area contributed by atoms with Crippen LogP contribution in [0.25, 0.3) is 0 Å². The van der Waals surface area contributed by atoms with Crippen molar-refractivity contribution in [3.63, 3.8) is 0 Å². The zero-order valence-electron chi connectivity index (χ0n) is 15.3. The Kier molecular flexibility index (Phi) is 7.60. The molecule has 138 valence electrons. The van der Waals surface area contributed by atoms with Gasteiger partial charge in [-0.15, -0.1) is 6.58 Å². The number of piperidine rings is 1. The van der Waals surface area contributed by atoms with Gasteiger partial charge in [-0.3, -0.25) is 4.90 Å². The van der Waals surface area contributed by atoms with E-state index in [0.717, 1.165) is 50.5 Å². The Morgan fingerprint density at radius 2 is 2.20 bits per heavy atom. The van der Waals surface area contributed by atoms with Gasteiger partial charge >= 0.3 is 0 Å². The maximum atomic E-state index is 9.87. The van der Waals surface area contributed by atoms with E-state index in [9.17, 15) is 5.11 Å². The molecule has 0 aromatic heterocycles. The molecule has 6 heteroatoms. The summed E-state index contributed by atoms with van der Waals surface area (Å²) >= 11 is 0. The van der Waals surface area contributed by atoms with Crippen molar-refractivity contribution in [3.05, 3.63) is 36.4 Å². The Labute approximate surface area is 150 Å². The van der Waals surface area contributed by atoms with Crippen molar-refractivity contribution in [2.24, 2.45) is 4.99 Å². The number of aliphatic imine (C=N–C) groups is 1. The van der Waals surface area contributed by atoms with Gasteiger partial charge in [0.2, 0.25) is 0 Å². The predicted molar refractivity (Wildman–Crippen MR) is 102 cm³/mol. The van der Waals surface area contributed by atoms with Gasteiger partial charge in [0.15, 0.2) is 17.5 Å². The van der Waals surface area contributed by atoms with Crippen LogP contribution in [0.3, 0.4) is 0 Å². The molecule has 1 saturated heterocycles. The molecule has 0 aliphatic carbocycles. The lowest BCUT2D eigenvalue weighted by atomic mass is 10.1. The van der Waals surface area contributed by atoms with E-state index in [1.54, 1.807) is 19.2 Å². The van der Waals surface area contributed by atoms with Crippen LogP contribution in [0.1, 0.15) is 25.3 Å². The number of phenolic OH excluding ortho intramolecular Hbond substituents is 1. The van der Waals surface area contributed by atoms with Gasteiger partial charge in [-0.1, -0.05) is 12.1 Å². The number of ether oxygens (including phenoxy) is 1. The third-order valence-electron chi connectivity index (χ3n) is 4.32. The van der Waals surface area contributed by atoms with Gasteiger partial charge in [0.1, 0.15) is 0 Å². The first-order valence-electron chi connectivity index (χ1n) is 8.90. The fraction of sp³-hybridized carbons (Fsp3) is 0.526. The molecule has 0 spiro atoms. The zero-order chi connectivity index (χ0) is 18.1. The summed E-state index contributed by atoms with van der Waals surface area (Å²) in [6.07, 6.45) is 4.16. The highest BCUT2D eigenvalue weighted by Crippen LogP contribution is 2.26. The van der Waals surface area contributed by atoms with E-state index in [1.165, 1.54) is 0 Å². The van der Waals surface area contributed by atoms with E-state index in [1.807, 2.05) is 12.1 Å². The van der Waals surface area contributed by atoms with E-state index >= 15 is 0 Å². The van der Waals surface area contributed by atoms with E-state index in [4.69, 9.17) is 4.74 Å². The van der Waals surface area contributed by atoms with Gasteiger partial charge in [-0.05, 0) is 37.5 Å². The summed E-state index contributed by atoms with van der Waals surface area (Å²) in [5.41, 5.74) is 0.941. The Morgan fingerprint density at radius 3 is 2.80 bits per heavy atom. The number of likely N-dealkylation sites (tertiary alicyclic amines) is 1. The fourth-order valence-corrected chi connectivity index (χ4v) is 2.96. The topological polar surface area (TPSA) is 69.1 Å². The molecule has 0 radical (unpaired) electrons. The van der Waals surface area contributed by atoms with Crippen LogP contribution in [-0.4, -0.2) is 55.3 Å². The van der Waals surface area contributed by atoms with E-state index < -0.39 is 0 Å². The largest absolute Gasteiger partial charge is 0.504 e. The average molecular weight is 346 g/mol. The first-order valence-corrected chi connectivity index (χ1v) is 8.90. The Hall–Kier alpha value is -2.21. The number of guanidine groups is 1. The second-order valence-corrected chi connectivity index (χ2v) is 6.21. The smallest absolute Gasteiger partial charge is 0.191 e. The van der Waals surface area contributed by atoms with Crippen molar-refractivity contribution in [2.45, 2.75) is 32.4 Å². The summed E-state index contributed by atoms with van der Waals surface area (Å²) in [6.45, 7) is 10.3. The van der Waals surface area contributed by atoms with E-state index in [-0.39, 0.29) is 5.75 Å². The lowest BCUT2D eigenvalue weighted by molar-refractivity contribution is 0.225. The highest BCUT2D eigenvalue weighted by atomic mass is 16.5. The molecule has 1 heterocycles. The molecule has 0 saturated carbocycles. The molecule has 0 amide bonds. The van der Waals surface area contributed by atoms with Crippen molar-refractivity contribution < 1.29 is 9.84 Å². The summed E-state index contributed by atoms with van der Waals surface area (Å²) in [4.78, 5) is 7.05. The standard InChI is InChI=1S/C19H30N4O2/c1-4-10-23-11-8-16(9-12-23)22-19(20-5-2)21-14-15-6-7-18(25-3)17(24)13-15/h4,6-7,13,16,24H,1,5,8-12,14H2,2-3H3,(H2,20,21,22). The number of aromatic hydroxyl groups is 1. The van der Waals surface area contributed by atoms with Crippen molar-refractivity contribution in [2.75, 3.05) is 33.3 Å². The highest BCUT2D eigenvalue weighted by molar-refractivity contribution is 5.80. The van der Waals surface area contributed by atoms with Crippen LogP contribution in [-0.2, 0) is 6.54 Å². The molecule has 1 aromatic rings. The number of nitrogens with one attached hydrogen (secondary N) is 2. The minimum Gasteiger partial charge on any atom is -0.504 e. The Bertz CT molecular complexity index is 581. The Balaban J connectivity index is 1.92. The first-order chi connectivity index (χ1) is 12.2. The number of nitrogens with zero attached hydrogens (tertiary/aromatic N) is 2. The van der Waals surface area contributed by atoms with Gasteiger partial charge in [0.25, 0.3) is 0 Å². The second kappa shape index (κ2) is 9.93. The normalized spacial score (nSPS) is 16.5. The van der Waals surface area contributed by atoms with Crippen LogP contribution in [0.4, 0.5) is 0 Å². The van der Waals surface area contributed by atoms with Crippen LogP contribution in [0.5, 0.6) is 11.5 Å². The van der Waals surface area contributed by atoms with Crippen LogP contribution >= 0.6 is 0 Å². The molecular weight excluding hydrogens is 316 g/mol. The summed E-state index contributed by atoms with van der Waals surface area (Å²) in [5.74, 6) is 1.44. The monoisotopic (exact) mass is 346 g/mol. The quantitative estimate of drug-likeness (QED) is 0.401. The summed E-state index contributed by atoms with van der Waals surface area (Å²) in [5, 5.41) is 16.7. The first kappa shape index (κ1) is 19.1. The number of phenols is 1. The molecule has 1 aliphatic heterocycles. The van der Waals surface area contributed by atoms with Crippen LogP contribution in [0.15, 0.2) is 35.8 Å². The van der Waals surface area contributed by atoms with Gasteiger partial charge in [-0.2, -0.15) is 0 Å². The van der Waals surface area contributed by atoms with Crippen molar-refractivity contribution in [1.82, 2.24) is 15.5 Å². The third-order valence-corrected chi connectivity index (χ3v) is 4.32. The van der Waals surface area contributed by atoms with Gasteiger partial charge in [0, 0.05) is 32.2 Å². The fourth-order valence-electron chi connectivity index (χ4n) is 2.96. The van der Waals surface area contributed by atoms with Crippen LogP contribution in [0, 0.1) is 0 Å². The lowest BCUT2D eigenvalue weighted by Gasteiger charge is -2.32. The maximum Gasteiger partial charge on any atom is 0.191 e. The van der Waals surface area contributed by atoms with Crippen molar-refractivity contribution in [1.29, 1.82) is 0 Å². The number of rotatable bonds is 7. The van der Waals surface area contributed by atoms with E-state index in [0.29, 0.717) is 18.3 Å². The van der Waals surface area contributed by atoms with Crippen molar-refractivity contribution in [3.8, 4) is 11.5 Å². The third kappa shape index (κ3) is 5.98. The molecule has 1 aliphatic rings. The summed E-state index contributed by atoms with van der Waals surface area (Å²) < 4.78 is 5.07. The zero-order valence-corrected chi connectivity index (χ0v) is 15.3. The summed E-state index contributed by atoms with van der Waals surface area (Å²) in [7, 11) is 1.54. The number of methoxy groups -OCH3 is 1. The molecule has 6 nitrogen and oxygen atoms in total. The minimum atomic E-state index is 0.141. The van der Waals surface area contributed by atoms with Crippen LogP contribution in [0.2, 0.25) is 0 Å². The molecular formula is C19H30N4O2. The maximum absolute atomic E-state index is 9.87. The number of benzene rings is 1. The van der Waals surface area contributed by atoms with Gasteiger partial charge < -0.3 is 20.5 Å². The molecule has 1 fully saturated rings. The predicted octanol–water partition coefficient (Wildman–Crippen LogP) is 2.11. The molecule has 0 unspecified atom stereocenters. The second-order valence-electron chi connectivity index (χ2n) is 6.21. The minimum absolute atomic E-state index is 0.141. The molecule has 1 aromatic carbocycles. The molecule has 0 bridgehead atoms. The molecule has 25 heavy (non-hydrogen) atoms. The SMILES string of the molecule is C=CCN1CCC(NC(=NCc2ccc(OC)c(O)c2)NCC)CC1. The van der Waals surface area contributed by atoms with Gasteiger partial charge in [-0.25, -0.2) is 4.99 Å². The van der Waals surface area contributed by atoms with Crippen LogP contribution < -0.4 is 15.4 Å². The van der Waals surface area contributed by atoms with Gasteiger partial charge in [0.05, 0.1) is 13.7 Å². The summed E-state index contributed by atoms with van der Waals surface area (Å²) in [6, 6.07) is 5.80. The van der Waals surface area contributed by atoms with E-state index in [2.05, 4.69) is 34.0 Å². The average Bonchev–Trinajstić information content (AvgIpc) is 2.62. The molecule has 3 N–H and O–H groups in total. The van der Waals surface area contributed by atoms with Crippen molar-refractivity contribution >= 4 is 5.96 Å². The highest BCUT2D eigenvalue weighted by Gasteiger charge is 2.19. The number of hydrogen-bond acceptors (Lipinski definition) is 4. The molecule has 2 rings (SSSR count).